The minimum absolute atomic E-state index is 0.0296. The van der Waals surface area contributed by atoms with Gasteiger partial charge in [-0.15, -0.1) is 12.6 Å². The molecule has 0 heterocycles. The van der Waals surface area contributed by atoms with E-state index in [9.17, 15) is 14.9 Å². The zero-order chi connectivity index (χ0) is 10.7. The van der Waals surface area contributed by atoms with E-state index >= 15 is 0 Å². The largest absolute Gasteiger partial charge is 0.300 e. The fourth-order valence-electron chi connectivity index (χ4n) is 1.16. The normalized spacial score (nSPS) is 9.86. The van der Waals surface area contributed by atoms with Crippen LogP contribution in [-0.4, -0.2) is 10.7 Å². The van der Waals surface area contributed by atoms with Crippen LogP contribution >= 0.6 is 12.6 Å². The highest BCUT2D eigenvalue weighted by atomic mass is 32.1. The van der Waals surface area contributed by atoms with E-state index in [1.807, 2.05) is 0 Å². The van der Waals surface area contributed by atoms with Crippen LogP contribution in [0.3, 0.4) is 0 Å². The quantitative estimate of drug-likeness (QED) is 0.472. The lowest BCUT2D eigenvalue weighted by molar-refractivity contribution is -0.385. The van der Waals surface area contributed by atoms with E-state index in [-0.39, 0.29) is 17.9 Å². The van der Waals surface area contributed by atoms with Gasteiger partial charge in [-0.25, -0.2) is 0 Å². The first-order chi connectivity index (χ1) is 6.50. The molecule has 5 heteroatoms. The molecule has 1 aromatic rings. The zero-order valence-electron chi connectivity index (χ0n) is 7.56. The van der Waals surface area contributed by atoms with Gasteiger partial charge in [0.15, 0.2) is 0 Å². The number of nitrogens with zero attached hydrogens (tertiary/aromatic N) is 1. The highest BCUT2D eigenvalue weighted by molar-refractivity contribution is 7.80. The van der Waals surface area contributed by atoms with Crippen LogP contribution in [0.25, 0.3) is 0 Å². The molecule has 14 heavy (non-hydrogen) atoms. The first-order valence-corrected chi connectivity index (χ1v) is 4.41. The van der Waals surface area contributed by atoms with Crippen molar-refractivity contribution in [2.45, 2.75) is 18.2 Å². The Morgan fingerprint density at radius 2 is 2.21 bits per heavy atom. The van der Waals surface area contributed by atoms with E-state index in [1.165, 1.54) is 19.1 Å². The number of carbonyl (C=O) groups excluding carboxylic acids is 1. The number of carbonyl (C=O) groups is 1. The summed E-state index contributed by atoms with van der Waals surface area (Å²) in [6.07, 6.45) is 0.0741. The summed E-state index contributed by atoms with van der Waals surface area (Å²) < 4.78 is 0. The van der Waals surface area contributed by atoms with Gasteiger partial charge in [0.05, 0.1) is 4.92 Å². The molecule has 0 amide bonds. The summed E-state index contributed by atoms with van der Waals surface area (Å²) in [4.78, 5) is 21.6. The molecular weight excluding hydrogens is 202 g/mol. The number of hydrogen-bond acceptors (Lipinski definition) is 4. The molecule has 0 bridgehead atoms. The zero-order valence-corrected chi connectivity index (χ0v) is 8.45. The lowest BCUT2D eigenvalue weighted by Gasteiger charge is -2.01. The third kappa shape index (κ3) is 2.56. The van der Waals surface area contributed by atoms with E-state index < -0.39 is 4.92 Å². The van der Waals surface area contributed by atoms with Crippen molar-refractivity contribution >= 4 is 24.1 Å². The summed E-state index contributed by atoms with van der Waals surface area (Å²) in [5.74, 6) is -0.105. The van der Waals surface area contributed by atoms with Crippen molar-refractivity contribution < 1.29 is 9.72 Å². The summed E-state index contributed by atoms with van der Waals surface area (Å²) in [7, 11) is 0. The molecule has 0 N–H and O–H groups in total. The van der Waals surface area contributed by atoms with Crippen LogP contribution in [0.5, 0.6) is 0 Å². The van der Waals surface area contributed by atoms with E-state index in [0.29, 0.717) is 10.5 Å². The predicted molar refractivity (Wildman–Crippen MR) is 54.7 cm³/mol. The van der Waals surface area contributed by atoms with Gasteiger partial charge in [-0.05, 0) is 19.1 Å². The minimum Gasteiger partial charge on any atom is -0.300 e. The number of Topliss-reactive ketones (excluding diaryl/α,β-unsaturated/α-hetero) is 1. The molecule has 74 valence electrons. The molecule has 0 aliphatic rings. The number of benzene rings is 1. The molecule has 0 aliphatic heterocycles. The second-order valence-electron chi connectivity index (χ2n) is 2.95. The Bertz CT molecular complexity index is 390. The van der Waals surface area contributed by atoms with Gasteiger partial charge in [-0.2, -0.15) is 0 Å². The Labute approximate surface area is 86.5 Å². The van der Waals surface area contributed by atoms with Crippen molar-refractivity contribution in [2.24, 2.45) is 0 Å². The van der Waals surface area contributed by atoms with Gasteiger partial charge in [0.25, 0.3) is 5.69 Å². The van der Waals surface area contributed by atoms with Crippen LogP contribution in [0, 0.1) is 10.1 Å². The summed E-state index contributed by atoms with van der Waals surface area (Å²) in [6.45, 7) is 1.40. The molecule has 0 radical (unpaired) electrons. The molecule has 1 rings (SSSR count). The lowest BCUT2D eigenvalue weighted by Crippen LogP contribution is -2.01. The van der Waals surface area contributed by atoms with Crippen molar-refractivity contribution in [3.8, 4) is 0 Å². The second-order valence-corrected chi connectivity index (χ2v) is 3.47. The van der Waals surface area contributed by atoms with Gasteiger partial charge in [-0.1, -0.05) is 0 Å². The molecule has 0 aliphatic carbocycles. The highest BCUT2D eigenvalue weighted by Crippen LogP contribution is 2.22. The highest BCUT2D eigenvalue weighted by Gasteiger charge is 2.14. The van der Waals surface area contributed by atoms with E-state index in [0.717, 1.165) is 0 Å². The Morgan fingerprint density at radius 1 is 1.57 bits per heavy atom. The smallest absolute Gasteiger partial charge is 0.273 e. The maximum absolute atomic E-state index is 10.9. The van der Waals surface area contributed by atoms with Crippen LogP contribution in [0.15, 0.2) is 23.1 Å². The monoisotopic (exact) mass is 211 g/mol. The first kappa shape index (κ1) is 10.7. The Hall–Kier alpha value is -1.36. The molecule has 0 saturated carbocycles. The topological polar surface area (TPSA) is 60.2 Å². The van der Waals surface area contributed by atoms with Crippen molar-refractivity contribution in [3.63, 3.8) is 0 Å². The van der Waals surface area contributed by atoms with Crippen LogP contribution in [0.4, 0.5) is 5.69 Å². The third-order valence-corrected chi connectivity index (χ3v) is 1.98. The van der Waals surface area contributed by atoms with E-state index in [1.54, 1.807) is 6.07 Å². The molecular formula is C9H9NO3S. The minimum atomic E-state index is -0.495. The average molecular weight is 211 g/mol. The van der Waals surface area contributed by atoms with Crippen LogP contribution < -0.4 is 0 Å². The molecule has 0 spiro atoms. The molecule has 0 unspecified atom stereocenters. The summed E-state index contributed by atoms with van der Waals surface area (Å²) in [5, 5.41) is 10.6. The maximum Gasteiger partial charge on any atom is 0.273 e. The predicted octanol–water partition coefficient (Wildman–Crippen LogP) is 2.02. The Kier molecular flexibility index (Phi) is 3.24. The summed E-state index contributed by atoms with van der Waals surface area (Å²) in [5.41, 5.74) is 0.382. The van der Waals surface area contributed by atoms with Crippen LogP contribution in [-0.2, 0) is 11.2 Å². The number of nitro groups is 1. The SMILES string of the molecule is CC(=O)Cc1cc(S)ccc1[N+](=O)[O-]. The fourth-order valence-corrected chi connectivity index (χ4v) is 1.39. The standard InChI is InChI=1S/C9H9NO3S/c1-6(11)4-7-5-8(14)2-3-9(7)10(12)13/h2-3,5,14H,4H2,1H3. The van der Waals surface area contributed by atoms with Crippen molar-refractivity contribution in [1.82, 2.24) is 0 Å². The number of thiol groups is 1. The van der Waals surface area contributed by atoms with Gasteiger partial charge >= 0.3 is 0 Å². The molecule has 0 aromatic heterocycles. The summed E-state index contributed by atoms with van der Waals surface area (Å²) in [6, 6.07) is 4.44. The van der Waals surface area contributed by atoms with Gasteiger partial charge in [-0.3, -0.25) is 14.9 Å². The molecule has 0 fully saturated rings. The second kappa shape index (κ2) is 4.23. The average Bonchev–Trinajstić information content (AvgIpc) is 2.01. The molecule has 0 atom stereocenters. The number of rotatable bonds is 3. The van der Waals surface area contributed by atoms with E-state index in [4.69, 9.17) is 0 Å². The van der Waals surface area contributed by atoms with E-state index in [2.05, 4.69) is 12.6 Å². The lowest BCUT2D eigenvalue weighted by atomic mass is 10.1. The first-order valence-electron chi connectivity index (χ1n) is 3.96. The number of hydrogen-bond donors (Lipinski definition) is 1. The molecule has 4 nitrogen and oxygen atoms in total. The van der Waals surface area contributed by atoms with Crippen molar-refractivity contribution in [3.05, 3.63) is 33.9 Å². The molecule has 0 saturated heterocycles. The number of ketones is 1. The van der Waals surface area contributed by atoms with Crippen LogP contribution in [0.2, 0.25) is 0 Å². The Morgan fingerprint density at radius 3 is 2.71 bits per heavy atom. The maximum atomic E-state index is 10.9. The van der Waals surface area contributed by atoms with Gasteiger partial charge in [0, 0.05) is 22.9 Å². The van der Waals surface area contributed by atoms with Gasteiger partial charge in [0.1, 0.15) is 5.78 Å². The van der Waals surface area contributed by atoms with Crippen LogP contribution in [0.1, 0.15) is 12.5 Å². The summed E-state index contributed by atoms with van der Waals surface area (Å²) >= 11 is 4.06. The van der Waals surface area contributed by atoms with Crippen molar-refractivity contribution in [2.75, 3.05) is 0 Å². The Balaban J connectivity index is 3.15. The van der Waals surface area contributed by atoms with Gasteiger partial charge < -0.3 is 0 Å². The number of nitro benzene ring substituents is 1. The molecule has 1 aromatic carbocycles. The van der Waals surface area contributed by atoms with Gasteiger partial charge in [0.2, 0.25) is 0 Å². The van der Waals surface area contributed by atoms with Crippen molar-refractivity contribution in [1.29, 1.82) is 0 Å². The fraction of sp³-hybridized carbons (Fsp3) is 0.222. The third-order valence-electron chi connectivity index (χ3n) is 1.70.